The second kappa shape index (κ2) is 9.12. The minimum absolute atomic E-state index is 0.480. The summed E-state index contributed by atoms with van der Waals surface area (Å²) in [6, 6.07) is 15.2. The van der Waals surface area contributed by atoms with Gasteiger partial charge in [-0.2, -0.15) is 0 Å². The van der Waals surface area contributed by atoms with E-state index in [0.29, 0.717) is 5.92 Å². The van der Waals surface area contributed by atoms with Crippen molar-refractivity contribution in [3.8, 4) is 11.5 Å². The van der Waals surface area contributed by atoms with Crippen LogP contribution in [-0.4, -0.2) is 13.2 Å². The number of benzene rings is 3. The Morgan fingerprint density at radius 3 is 1.74 bits per heavy atom. The predicted molar refractivity (Wildman–Crippen MR) is 116 cm³/mol. The third kappa shape index (κ3) is 4.21. The fraction of sp³-hybridized carbons (Fsp3) is 0.440. The van der Waals surface area contributed by atoms with Crippen LogP contribution in [0.1, 0.15) is 64.9 Å². The third-order valence-electron chi connectivity index (χ3n) is 5.10. The fourth-order valence-corrected chi connectivity index (χ4v) is 3.42. The fourth-order valence-electron chi connectivity index (χ4n) is 3.42. The topological polar surface area (TPSA) is 18.5 Å². The van der Waals surface area contributed by atoms with Crippen LogP contribution in [0.2, 0.25) is 0 Å². The number of rotatable bonds is 9. The second-order valence-electron chi connectivity index (χ2n) is 7.57. The van der Waals surface area contributed by atoms with E-state index in [0.717, 1.165) is 66.6 Å². The molecule has 0 unspecified atom stereocenters. The lowest BCUT2D eigenvalue weighted by molar-refractivity contribution is 0.311. The smallest absolute Gasteiger partial charge is 0.135 e. The molecule has 3 aromatic carbocycles. The molecule has 0 aliphatic rings. The van der Waals surface area contributed by atoms with Gasteiger partial charge in [-0.1, -0.05) is 76.9 Å². The normalized spacial score (nSPS) is 11.4. The Morgan fingerprint density at radius 2 is 1.22 bits per heavy atom. The van der Waals surface area contributed by atoms with Crippen molar-refractivity contribution >= 4 is 21.5 Å². The summed E-state index contributed by atoms with van der Waals surface area (Å²) in [6.07, 6.45) is 4.39. The summed E-state index contributed by atoms with van der Waals surface area (Å²) in [5, 5.41) is 4.61. The Bertz CT molecular complexity index is 896. The molecule has 0 amide bonds. The maximum absolute atomic E-state index is 6.33. The highest BCUT2D eigenvalue weighted by molar-refractivity contribution is 6.11. The van der Waals surface area contributed by atoms with E-state index in [4.69, 9.17) is 9.47 Å². The Kier molecular flexibility index (Phi) is 6.60. The quantitative estimate of drug-likeness (QED) is 0.289. The van der Waals surface area contributed by atoms with Gasteiger partial charge in [0.25, 0.3) is 0 Å². The summed E-state index contributed by atoms with van der Waals surface area (Å²) in [5.74, 6) is 2.47. The molecule has 0 saturated heterocycles. The minimum atomic E-state index is 0.480. The maximum atomic E-state index is 6.33. The lowest BCUT2D eigenvalue weighted by Gasteiger charge is -2.19. The summed E-state index contributed by atoms with van der Waals surface area (Å²) in [4.78, 5) is 0. The number of fused-ring (bicyclic) bond motifs is 2. The number of unbranched alkanes of at least 4 members (excludes halogenated alkanes) is 2. The zero-order valence-corrected chi connectivity index (χ0v) is 17.2. The molecule has 3 aromatic rings. The Hall–Kier alpha value is -2.22. The molecule has 0 aliphatic carbocycles. The maximum Gasteiger partial charge on any atom is 0.135 e. The molecular formula is C25H32O2. The van der Waals surface area contributed by atoms with Crippen LogP contribution in [0.25, 0.3) is 21.5 Å². The first kappa shape index (κ1) is 19.5. The van der Waals surface area contributed by atoms with Gasteiger partial charge < -0.3 is 9.47 Å². The van der Waals surface area contributed by atoms with Gasteiger partial charge in [-0.15, -0.1) is 0 Å². The largest absolute Gasteiger partial charge is 0.492 e. The molecule has 0 spiro atoms. The van der Waals surface area contributed by atoms with Gasteiger partial charge in [-0.25, -0.2) is 0 Å². The molecule has 0 heterocycles. The Morgan fingerprint density at radius 1 is 0.704 bits per heavy atom. The molecule has 2 heteroatoms. The van der Waals surface area contributed by atoms with Crippen LogP contribution in [0.5, 0.6) is 11.5 Å². The van der Waals surface area contributed by atoms with Crippen molar-refractivity contribution in [3.05, 3.63) is 48.0 Å². The van der Waals surface area contributed by atoms with Crippen LogP contribution in [0, 0.1) is 0 Å². The SMILES string of the molecule is CCCCOc1c2ccccc2c(OCCCC)c2cc(C(C)C)ccc12. The van der Waals surface area contributed by atoms with Gasteiger partial charge in [0.15, 0.2) is 0 Å². The van der Waals surface area contributed by atoms with Gasteiger partial charge in [-0.05, 0) is 30.4 Å². The molecule has 0 atom stereocenters. The van der Waals surface area contributed by atoms with E-state index in [-0.39, 0.29) is 0 Å². The van der Waals surface area contributed by atoms with Crippen LogP contribution in [-0.2, 0) is 0 Å². The zero-order chi connectivity index (χ0) is 19.2. The molecule has 0 N–H and O–H groups in total. The molecule has 0 aromatic heterocycles. The first-order chi connectivity index (χ1) is 13.2. The first-order valence-corrected chi connectivity index (χ1v) is 10.4. The number of hydrogen-bond acceptors (Lipinski definition) is 2. The van der Waals surface area contributed by atoms with Gasteiger partial charge >= 0.3 is 0 Å². The number of hydrogen-bond donors (Lipinski definition) is 0. The molecule has 0 radical (unpaired) electrons. The molecular weight excluding hydrogens is 332 g/mol. The van der Waals surface area contributed by atoms with Crippen molar-refractivity contribution < 1.29 is 9.47 Å². The molecule has 0 aliphatic heterocycles. The molecule has 2 nitrogen and oxygen atoms in total. The van der Waals surface area contributed by atoms with Gasteiger partial charge in [-0.3, -0.25) is 0 Å². The van der Waals surface area contributed by atoms with Crippen LogP contribution < -0.4 is 9.47 Å². The van der Waals surface area contributed by atoms with Crippen molar-refractivity contribution in [3.63, 3.8) is 0 Å². The van der Waals surface area contributed by atoms with Crippen molar-refractivity contribution in [2.75, 3.05) is 13.2 Å². The van der Waals surface area contributed by atoms with Crippen molar-refractivity contribution in [1.29, 1.82) is 0 Å². The van der Waals surface area contributed by atoms with Gasteiger partial charge in [0.2, 0.25) is 0 Å². The highest BCUT2D eigenvalue weighted by atomic mass is 16.5. The van der Waals surface area contributed by atoms with Crippen molar-refractivity contribution in [1.82, 2.24) is 0 Å². The van der Waals surface area contributed by atoms with Crippen molar-refractivity contribution in [2.45, 2.75) is 59.3 Å². The predicted octanol–water partition coefficient (Wildman–Crippen LogP) is 7.47. The van der Waals surface area contributed by atoms with E-state index in [9.17, 15) is 0 Å². The monoisotopic (exact) mass is 364 g/mol. The summed E-state index contributed by atoms with van der Waals surface area (Å²) in [7, 11) is 0. The zero-order valence-electron chi connectivity index (χ0n) is 17.2. The van der Waals surface area contributed by atoms with Crippen LogP contribution in [0.4, 0.5) is 0 Å². The van der Waals surface area contributed by atoms with Crippen molar-refractivity contribution in [2.24, 2.45) is 0 Å². The van der Waals surface area contributed by atoms with Crippen LogP contribution >= 0.6 is 0 Å². The second-order valence-corrected chi connectivity index (χ2v) is 7.57. The lowest BCUT2D eigenvalue weighted by atomic mass is 9.95. The summed E-state index contributed by atoms with van der Waals surface area (Å²) < 4.78 is 12.6. The molecule has 3 rings (SSSR count). The van der Waals surface area contributed by atoms with E-state index < -0.39 is 0 Å². The summed E-state index contributed by atoms with van der Waals surface area (Å²) in [6.45, 7) is 10.4. The summed E-state index contributed by atoms with van der Waals surface area (Å²) >= 11 is 0. The molecule has 0 bridgehead atoms. The standard InChI is InChI=1S/C25H32O2/c1-5-7-15-26-24-20-11-9-10-12-21(20)25(27-16-8-6-2)23-17-19(18(3)4)13-14-22(23)24/h9-14,17-18H,5-8,15-16H2,1-4H3. The average Bonchev–Trinajstić information content (AvgIpc) is 2.69. The average molecular weight is 365 g/mol. The van der Waals surface area contributed by atoms with Gasteiger partial charge in [0.1, 0.15) is 11.5 Å². The molecule has 0 saturated carbocycles. The van der Waals surface area contributed by atoms with E-state index in [1.54, 1.807) is 0 Å². The highest BCUT2D eigenvalue weighted by Crippen LogP contribution is 2.43. The van der Waals surface area contributed by atoms with Gasteiger partial charge in [0.05, 0.1) is 13.2 Å². The van der Waals surface area contributed by atoms with E-state index in [1.807, 2.05) is 0 Å². The van der Waals surface area contributed by atoms with Gasteiger partial charge in [0, 0.05) is 21.5 Å². The van der Waals surface area contributed by atoms with E-state index >= 15 is 0 Å². The molecule has 144 valence electrons. The van der Waals surface area contributed by atoms with E-state index in [1.165, 1.54) is 10.9 Å². The highest BCUT2D eigenvalue weighted by Gasteiger charge is 2.17. The number of ether oxygens (including phenoxy) is 2. The Labute approximate surface area is 163 Å². The molecule has 27 heavy (non-hydrogen) atoms. The first-order valence-electron chi connectivity index (χ1n) is 10.4. The summed E-state index contributed by atoms with van der Waals surface area (Å²) in [5.41, 5.74) is 1.33. The molecule has 0 fully saturated rings. The Balaban J connectivity index is 2.24. The minimum Gasteiger partial charge on any atom is -0.492 e. The van der Waals surface area contributed by atoms with E-state index in [2.05, 4.69) is 70.2 Å². The lowest BCUT2D eigenvalue weighted by Crippen LogP contribution is -2.02. The third-order valence-corrected chi connectivity index (χ3v) is 5.10. The van der Waals surface area contributed by atoms with Crippen LogP contribution in [0.3, 0.4) is 0 Å². The van der Waals surface area contributed by atoms with Crippen LogP contribution in [0.15, 0.2) is 42.5 Å².